The third-order valence-corrected chi connectivity index (χ3v) is 2.50. The van der Waals surface area contributed by atoms with E-state index in [4.69, 9.17) is 5.26 Å². The number of nitriles is 1. The molecule has 0 aromatic heterocycles. The quantitative estimate of drug-likeness (QED) is 0.698. The van der Waals surface area contributed by atoms with Crippen molar-refractivity contribution in [3.05, 3.63) is 35.1 Å². The Morgan fingerprint density at radius 1 is 1.44 bits per heavy atom. The molecule has 1 rings (SSSR count). The van der Waals surface area contributed by atoms with E-state index in [1.54, 1.807) is 6.07 Å². The van der Waals surface area contributed by atoms with E-state index >= 15 is 0 Å². The smallest absolute Gasteiger partial charge is 0.141 e. The first-order valence-corrected chi connectivity index (χ1v) is 5.40. The summed E-state index contributed by atoms with van der Waals surface area (Å²) in [6, 6.07) is 5.45. The van der Waals surface area contributed by atoms with Crippen LogP contribution in [-0.4, -0.2) is 22.1 Å². The SMILES string of the molecule is N#Cc1ccc(C(O)C(O)CCS)cc1F. The number of aliphatic hydroxyl groups excluding tert-OH is 2. The number of hydrogen-bond donors (Lipinski definition) is 3. The molecule has 2 N–H and O–H groups in total. The largest absolute Gasteiger partial charge is 0.390 e. The zero-order valence-electron chi connectivity index (χ0n) is 8.47. The summed E-state index contributed by atoms with van der Waals surface area (Å²) in [6.07, 6.45) is -1.83. The lowest BCUT2D eigenvalue weighted by atomic mass is 10.0. The molecular formula is C11H12FNO2S. The summed E-state index contributed by atoms with van der Waals surface area (Å²) in [6.45, 7) is 0. The Balaban J connectivity index is 2.89. The predicted octanol–water partition coefficient (Wildman–Crippen LogP) is 1.41. The monoisotopic (exact) mass is 241 g/mol. The van der Waals surface area contributed by atoms with E-state index in [0.29, 0.717) is 12.2 Å². The summed E-state index contributed by atoms with van der Waals surface area (Å²) < 4.78 is 13.2. The van der Waals surface area contributed by atoms with E-state index < -0.39 is 18.0 Å². The highest BCUT2D eigenvalue weighted by Crippen LogP contribution is 2.21. The molecule has 0 aliphatic heterocycles. The minimum absolute atomic E-state index is 0.0837. The maximum absolute atomic E-state index is 13.2. The van der Waals surface area contributed by atoms with Gasteiger partial charge in [0, 0.05) is 0 Å². The lowest BCUT2D eigenvalue weighted by molar-refractivity contribution is 0.0171. The van der Waals surface area contributed by atoms with E-state index in [1.165, 1.54) is 12.1 Å². The Bertz CT molecular complexity index is 405. The number of rotatable bonds is 4. The molecule has 5 heteroatoms. The Kier molecular flexibility index (Phi) is 4.74. The van der Waals surface area contributed by atoms with Crippen molar-refractivity contribution in [3.8, 4) is 6.07 Å². The van der Waals surface area contributed by atoms with Gasteiger partial charge in [-0.3, -0.25) is 0 Å². The maximum Gasteiger partial charge on any atom is 0.141 e. The van der Waals surface area contributed by atoms with Gasteiger partial charge in [-0.2, -0.15) is 17.9 Å². The molecule has 0 heterocycles. The molecule has 1 aromatic rings. The fourth-order valence-corrected chi connectivity index (χ4v) is 1.58. The maximum atomic E-state index is 13.2. The van der Waals surface area contributed by atoms with Gasteiger partial charge >= 0.3 is 0 Å². The normalized spacial score (nSPS) is 14.2. The third-order valence-electron chi connectivity index (χ3n) is 2.24. The molecular weight excluding hydrogens is 229 g/mol. The van der Waals surface area contributed by atoms with Crippen molar-refractivity contribution in [2.45, 2.75) is 18.6 Å². The Morgan fingerprint density at radius 3 is 2.62 bits per heavy atom. The molecule has 2 atom stereocenters. The molecule has 0 aliphatic carbocycles. The van der Waals surface area contributed by atoms with Crippen LogP contribution in [0.2, 0.25) is 0 Å². The van der Waals surface area contributed by atoms with Gasteiger partial charge in [-0.05, 0) is 29.9 Å². The Morgan fingerprint density at radius 2 is 2.12 bits per heavy atom. The number of aliphatic hydroxyl groups is 2. The van der Waals surface area contributed by atoms with Crippen molar-refractivity contribution < 1.29 is 14.6 Å². The number of halogens is 1. The molecule has 16 heavy (non-hydrogen) atoms. The van der Waals surface area contributed by atoms with Crippen LogP contribution in [0, 0.1) is 17.1 Å². The van der Waals surface area contributed by atoms with Crippen LogP contribution >= 0.6 is 12.6 Å². The Hall–Kier alpha value is -1.09. The molecule has 2 unspecified atom stereocenters. The first kappa shape index (κ1) is 13.0. The van der Waals surface area contributed by atoms with Crippen molar-refractivity contribution >= 4 is 12.6 Å². The van der Waals surface area contributed by atoms with E-state index in [-0.39, 0.29) is 11.1 Å². The van der Waals surface area contributed by atoms with E-state index in [0.717, 1.165) is 6.07 Å². The standard InChI is InChI=1S/C11H12FNO2S/c12-9-5-7(1-2-8(9)6-13)11(15)10(14)3-4-16/h1-2,5,10-11,14-16H,3-4H2. The number of hydrogen-bond acceptors (Lipinski definition) is 4. The number of nitrogens with zero attached hydrogens (tertiary/aromatic N) is 1. The van der Waals surface area contributed by atoms with Crippen LogP contribution in [0.15, 0.2) is 18.2 Å². The van der Waals surface area contributed by atoms with Crippen LogP contribution in [0.5, 0.6) is 0 Å². The van der Waals surface area contributed by atoms with Crippen molar-refractivity contribution in [2.75, 3.05) is 5.75 Å². The summed E-state index contributed by atoms with van der Waals surface area (Å²) >= 11 is 3.93. The lowest BCUT2D eigenvalue weighted by Gasteiger charge is -2.17. The lowest BCUT2D eigenvalue weighted by Crippen LogP contribution is -2.18. The number of thiol groups is 1. The molecule has 0 bridgehead atoms. The van der Waals surface area contributed by atoms with Crippen LogP contribution in [0.3, 0.4) is 0 Å². The van der Waals surface area contributed by atoms with Crippen molar-refractivity contribution in [2.24, 2.45) is 0 Å². The van der Waals surface area contributed by atoms with Crippen LogP contribution in [0.4, 0.5) is 4.39 Å². The highest BCUT2D eigenvalue weighted by atomic mass is 32.1. The topological polar surface area (TPSA) is 64.2 Å². The Labute approximate surface area is 98.6 Å². The molecule has 0 spiro atoms. The van der Waals surface area contributed by atoms with Gasteiger partial charge in [0.15, 0.2) is 0 Å². The average Bonchev–Trinajstić information content (AvgIpc) is 2.28. The van der Waals surface area contributed by atoms with Crippen molar-refractivity contribution in [1.29, 1.82) is 5.26 Å². The second-order valence-corrected chi connectivity index (χ2v) is 3.82. The van der Waals surface area contributed by atoms with Gasteiger partial charge in [-0.1, -0.05) is 6.07 Å². The van der Waals surface area contributed by atoms with Gasteiger partial charge < -0.3 is 10.2 Å². The van der Waals surface area contributed by atoms with Crippen LogP contribution in [0.1, 0.15) is 23.7 Å². The average molecular weight is 241 g/mol. The van der Waals surface area contributed by atoms with E-state index in [2.05, 4.69) is 12.6 Å². The second kappa shape index (κ2) is 5.85. The summed E-state index contributed by atoms with van der Waals surface area (Å²) in [5.41, 5.74) is 0.172. The van der Waals surface area contributed by atoms with Crippen molar-refractivity contribution in [1.82, 2.24) is 0 Å². The minimum Gasteiger partial charge on any atom is -0.390 e. The van der Waals surface area contributed by atoms with E-state index in [1.807, 2.05) is 0 Å². The minimum atomic E-state index is -1.16. The summed E-state index contributed by atoms with van der Waals surface area (Å²) in [5.74, 6) is -0.270. The summed E-state index contributed by atoms with van der Waals surface area (Å²) in [7, 11) is 0. The van der Waals surface area contributed by atoms with Gasteiger partial charge in [0.1, 0.15) is 18.0 Å². The molecule has 0 aliphatic rings. The number of benzene rings is 1. The van der Waals surface area contributed by atoms with Gasteiger partial charge in [0.25, 0.3) is 0 Å². The van der Waals surface area contributed by atoms with Crippen LogP contribution in [-0.2, 0) is 0 Å². The zero-order chi connectivity index (χ0) is 12.1. The molecule has 0 amide bonds. The summed E-state index contributed by atoms with van der Waals surface area (Å²) in [4.78, 5) is 0. The summed E-state index contributed by atoms with van der Waals surface area (Å²) in [5, 5.41) is 27.7. The molecule has 86 valence electrons. The van der Waals surface area contributed by atoms with Crippen LogP contribution in [0.25, 0.3) is 0 Å². The first-order valence-electron chi connectivity index (χ1n) is 4.76. The van der Waals surface area contributed by atoms with Gasteiger partial charge in [-0.15, -0.1) is 0 Å². The van der Waals surface area contributed by atoms with E-state index in [9.17, 15) is 14.6 Å². The molecule has 0 radical (unpaired) electrons. The third kappa shape index (κ3) is 2.95. The fraction of sp³-hybridized carbons (Fsp3) is 0.364. The van der Waals surface area contributed by atoms with Gasteiger partial charge in [0.2, 0.25) is 0 Å². The predicted molar refractivity (Wildman–Crippen MR) is 60.6 cm³/mol. The molecule has 0 saturated carbocycles. The van der Waals surface area contributed by atoms with Crippen LogP contribution < -0.4 is 0 Å². The fourth-order valence-electron chi connectivity index (χ4n) is 1.32. The van der Waals surface area contributed by atoms with Crippen molar-refractivity contribution in [3.63, 3.8) is 0 Å². The molecule has 1 aromatic carbocycles. The second-order valence-electron chi connectivity index (χ2n) is 3.38. The molecule has 0 fully saturated rings. The first-order chi connectivity index (χ1) is 7.60. The van der Waals surface area contributed by atoms with Gasteiger partial charge in [0.05, 0.1) is 11.7 Å². The molecule has 0 saturated heterocycles. The highest BCUT2D eigenvalue weighted by molar-refractivity contribution is 7.80. The molecule has 3 nitrogen and oxygen atoms in total. The highest BCUT2D eigenvalue weighted by Gasteiger charge is 2.18. The van der Waals surface area contributed by atoms with Gasteiger partial charge in [-0.25, -0.2) is 4.39 Å². The zero-order valence-corrected chi connectivity index (χ0v) is 9.36.